The first-order chi connectivity index (χ1) is 11.3. The molecule has 0 spiro atoms. The molecule has 0 bridgehead atoms. The first kappa shape index (κ1) is 7.23. The quantitative estimate of drug-likeness (QED) is 0.684. The normalized spacial score (nSPS) is 29.4. The Bertz CT molecular complexity index is 851. The summed E-state index contributed by atoms with van der Waals surface area (Å²) in [6.07, 6.45) is 0.380. The van der Waals surface area contributed by atoms with E-state index in [1.165, 1.54) is 0 Å². The maximum Gasteiger partial charge on any atom is 0.216 e. The summed E-state index contributed by atoms with van der Waals surface area (Å²) in [6, 6.07) is 6.79. The van der Waals surface area contributed by atoms with Crippen LogP contribution in [-0.2, 0) is 13.4 Å². The monoisotopic (exact) mass is 258 g/mol. The largest absolute Gasteiger partial charge is 0.216 e. The molecule has 0 N–H and O–H groups in total. The molecule has 0 saturated heterocycles. The maximum absolute atomic E-state index is 8.68. The van der Waals surface area contributed by atoms with Crippen molar-refractivity contribution in [3.63, 3.8) is 0 Å². The van der Waals surface area contributed by atoms with E-state index in [1.807, 2.05) is 24.7 Å². The van der Waals surface area contributed by atoms with Gasteiger partial charge in [0.15, 0.2) is 6.20 Å². The molecule has 0 saturated carbocycles. The van der Waals surface area contributed by atoms with Gasteiger partial charge in [0, 0.05) is 25.4 Å². The van der Waals surface area contributed by atoms with Gasteiger partial charge in [0.05, 0.1) is 0 Å². The Labute approximate surface area is 124 Å². The summed E-state index contributed by atoms with van der Waals surface area (Å²) in [5.41, 5.74) is 3.95. The molecule has 1 unspecified atom stereocenters. The smallest absolute Gasteiger partial charge is 0.201 e. The van der Waals surface area contributed by atoms with E-state index in [9.17, 15) is 0 Å². The van der Waals surface area contributed by atoms with Gasteiger partial charge in [-0.25, -0.2) is 4.57 Å². The first-order valence-electron chi connectivity index (χ1n) is 9.50. The van der Waals surface area contributed by atoms with Crippen molar-refractivity contribution in [3.8, 4) is 11.3 Å². The molecule has 0 amide bonds. The Morgan fingerprint density at radius 1 is 1.42 bits per heavy atom. The van der Waals surface area contributed by atoms with E-state index in [0.29, 0.717) is 11.1 Å². The highest BCUT2D eigenvalue weighted by atomic mass is 14.9. The van der Waals surface area contributed by atoms with Crippen LogP contribution >= 0.6 is 0 Å². The topological polar surface area (TPSA) is 3.88 Å². The molecule has 0 fully saturated rings. The van der Waals surface area contributed by atoms with Gasteiger partial charge in [0.1, 0.15) is 7.05 Å². The first-order valence-corrected chi connectivity index (χ1v) is 6.50. The second-order valence-corrected chi connectivity index (χ2v) is 5.23. The van der Waals surface area contributed by atoms with Gasteiger partial charge in [0.25, 0.3) is 0 Å². The molecule has 1 aliphatic carbocycles. The van der Waals surface area contributed by atoms with Crippen LogP contribution in [0.15, 0.2) is 30.5 Å². The van der Waals surface area contributed by atoms with Crippen molar-refractivity contribution < 1.29 is 12.8 Å². The van der Waals surface area contributed by atoms with Crippen LogP contribution in [0.5, 0.6) is 0 Å². The average Bonchev–Trinajstić information content (AvgIpc) is 2.63. The zero-order chi connectivity index (χ0) is 18.8. The minimum absolute atomic E-state index is 0.110. The number of hydrogen-bond acceptors (Lipinski definition) is 0. The lowest BCUT2D eigenvalue weighted by Crippen LogP contribution is -2.32. The minimum Gasteiger partial charge on any atom is -0.201 e. The lowest BCUT2D eigenvalue weighted by Gasteiger charge is -2.12. The summed E-state index contributed by atoms with van der Waals surface area (Å²) in [6.45, 7) is 1.44. The van der Waals surface area contributed by atoms with Gasteiger partial charge in [-0.15, -0.1) is 0 Å². The molecule has 1 aromatic heterocycles. The highest BCUT2D eigenvalue weighted by molar-refractivity contribution is 5.67. The van der Waals surface area contributed by atoms with Gasteiger partial charge < -0.3 is 0 Å². The van der Waals surface area contributed by atoms with Crippen LogP contribution in [-0.4, -0.2) is 0 Å². The molecule has 1 aromatic carbocycles. The lowest BCUT2D eigenvalue weighted by atomic mass is 9.93. The number of benzene rings is 1. The van der Waals surface area contributed by atoms with Crippen LogP contribution in [0.25, 0.3) is 11.3 Å². The third-order valence-electron chi connectivity index (χ3n) is 3.78. The molecule has 1 heterocycles. The molecule has 1 heteroatoms. The van der Waals surface area contributed by atoms with Crippen molar-refractivity contribution >= 4 is 0 Å². The Hall–Kier alpha value is -1.63. The third kappa shape index (κ3) is 1.98. The molecule has 0 radical (unpaired) electrons. The summed E-state index contributed by atoms with van der Waals surface area (Å²) in [7, 11) is 1.87. The van der Waals surface area contributed by atoms with Gasteiger partial charge in [0.2, 0.25) is 5.69 Å². The van der Waals surface area contributed by atoms with Crippen LogP contribution in [0.4, 0.5) is 0 Å². The molecule has 2 aromatic rings. The van der Waals surface area contributed by atoms with Crippen molar-refractivity contribution in [1.82, 2.24) is 0 Å². The van der Waals surface area contributed by atoms with Crippen molar-refractivity contribution in [2.24, 2.45) is 7.05 Å². The molecule has 1 aliphatic rings. The standard InChI is InChI=1S/C18H22N/c1-12-5-8-16(14(3)11-12)18-17-13(2)6-7-15(17)9-10-19(18)4/h5,8-11,13H,6-7H2,1-4H3/q+1/i1D3,7D2,13D. The second kappa shape index (κ2) is 4.48. The third-order valence-corrected chi connectivity index (χ3v) is 3.78. The average molecular weight is 258 g/mol. The summed E-state index contributed by atoms with van der Waals surface area (Å²) in [5, 5.41) is 0. The van der Waals surface area contributed by atoms with Gasteiger partial charge >= 0.3 is 0 Å². The van der Waals surface area contributed by atoms with Gasteiger partial charge in [-0.05, 0) is 49.7 Å². The molecular weight excluding hydrogens is 230 g/mol. The number of nitrogens with zero attached hydrogens (tertiary/aromatic N) is 1. The number of fused-ring (bicyclic) bond motifs is 1. The Kier molecular flexibility index (Phi) is 1.71. The highest BCUT2D eigenvalue weighted by Gasteiger charge is 2.29. The predicted molar refractivity (Wildman–Crippen MR) is 79.3 cm³/mol. The summed E-state index contributed by atoms with van der Waals surface area (Å²) < 4.78 is 49.9. The van der Waals surface area contributed by atoms with E-state index in [0.717, 1.165) is 16.8 Å². The van der Waals surface area contributed by atoms with E-state index in [4.69, 9.17) is 8.22 Å². The molecular formula is C18H22N+. The predicted octanol–water partition coefficient (Wildman–Crippen LogP) is 3.84. The zero-order valence-electron chi connectivity index (χ0n) is 17.5. The molecule has 19 heavy (non-hydrogen) atoms. The van der Waals surface area contributed by atoms with E-state index in [-0.39, 0.29) is 12.0 Å². The second-order valence-electron chi connectivity index (χ2n) is 5.23. The number of rotatable bonds is 1. The molecule has 0 aliphatic heterocycles. The van der Waals surface area contributed by atoms with E-state index in [1.54, 1.807) is 31.2 Å². The molecule has 98 valence electrons. The fourth-order valence-corrected chi connectivity index (χ4v) is 2.80. The number of pyridine rings is 1. The van der Waals surface area contributed by atoms with Crippen LogP contribution in [0.2, 0.25) is 0 Å². The number of aromatic nitrogens is 1. The van der Waals surface area contributed by atoms with Crippen molar-refractivity contribution in [2.45, 2.75) is 39.4 Å². The SMILES string of the molecule is [2H]C([2H])([2H])c1ccc(-c2c3c(cc[n+]2C)C([2H])([2H])CC3([2H])C)c(C)c1. The van der Waals surface area contributed by atoms with Crippen molar-refractivity contribution in [3.05, 3.63) is 52.7 Å². The van der Waals surface area contributed by atoms with E-state index < -0.39 is 19.1 Å². The summed E-state index contributed by atoms with van der Waals surface area (Å²) >= 11 is 0. The van der Waals surface area contributed by atoms with Gasteiger partial charge in [-0.3, -0.25) is 0 Å². The van der Waals surface area contributed by atoms with Crippen molar-refractivity contribution in [2.75, 3.05) is 0 Å². The fraction of sp³-hybridized carbons (Fsp3) is 0.389. The summed E-state index contributed by atoms with van der Waals surface area (Å²) in [5.74, 6) is -1.04. The van der Waals surface area contributed by atoms with Crippen molar-refractivity contribution in [1.29, 1.82) is 0 Å². The molecule has 1 atom stereocenters. The Balaban J connectivity index is 2.29. The van der Waals surface area contributed by atoms with E-state index >= 15 is 0 Å². The van der Waals surface area contributed by atoms with Gasteiger partial charge in [-0.1, -0.05) is 24.6 Å². The fourth-order valence-electron chi connectivity index (χ4n) is 2.80. The number of aryl methyl sites for hydroxylation is 4. The molecule has 3 rings (SSSR count). The van der Waals surface area contributed by atoms with Crippen LogP contribution < -0.4 is 4.57 Å². The zero-order valence-corrected chi connectivity index (χ0v) is 11.5. The highest BCUT2D eigenvalue weighted by Crippen LogP contribution is 2.38. The number of hydrogen-bond donors (Lipinski definition) is 0. The van der Waals surface area contributed by atoms with Crippen LogP contribution in [0.1, 0.15) is 49.7 Å². The molecule has 1 nitrogen and oxygen atoms in total. The van der Waals surface area contributed by atoms with E-state index in [2.05, 4.69) is 0 Å². The summed E-state index contributed by atoms with van der Waals surface area (Å²) in [4.78, 5) is 0. The maximum atomic E-state index is 8.68. The van der Waals surface area contributed by atoms with Crippen LogP contribution in [0, 0.1) is 13.8 Å². The van der Waals surface area contributed by atoms with Crippen LogP contribution in [0.3, 0.4) is 0 Å². The Morgan fingerprint density at radius 3 is 3.00 bits per heavy atom. The Morgan fingerprint density at radius 2 is 2.26 bits per heavy atom. The van der Waals surface area contributed by atoms with Gasteiger partial charge in [-0.2, -0.15) is 0 Å². The lowest BCUT2D eigenvalue weighted by molar-refractivity contribution is -0.660. The minimum atomic E-state index is -2.16.